The molecule has 0 aromatic carbocycles. The van der Waals surface area contributed by atoms with Crippen LogP contribution < -0.4 is 0 Å². The second-order valence-corrected chi connectivity index (χ2v) is 5.23. The molecule has 1 aromatic heterocycles. The molecule has 0 amide bonds. The molecule has 0 atom stereocenters. The van der Waals surface area contributed by atoms with Gasteiger partial charge in [-0.3, -0.25) is 0 Å². The zero-order valence-electron chi connectivity index (χ0n) is 7.76. The van der Waals surface area contributed by atoms with Crippen molar-refractivity contribution in [2.75, 3.05) is 0 Å². The highest BCUT2D eigenvalue weighted by Gasteiger charge is 2.19. The third-order valence-corrected chi connectivity index (χ3v) is 2.94. The van der Waals surface area contributed by atoms with Crippen molar-refractivity contribution in [2.24, 2.45) is 0 Å². The fourth-order valence-corrected chi connectivity index (χ4v) is 2.19. The fourth-order valence-electron chi connectivity index (χ4n) is 0.760. The van der Waals surface area contributed by atoms with Gasteiger partial charge in [0.15, 0.2) is 0 Å². The Morgan fingerprint density at radius 2 is 2.08 bits per heavy atom. The van der Waals surface area contributed by atoms with Crippen molar-refractivity contribution >= 4 is 33.2 Å². The van der Waals surface area contributed by atoms with E-state index in [1.165, 1.54) is 11.3 Å². The van der Waals surface area contributed by atoms with Crippen LogP contribution in [0.4, 0.5) is 0 Å². The van der Waals surface area contributed by atoms with Crippen molar-refractivity contribution in [3.63, 3.8) is 0 Å². The molecule has 0 bridgehead atoms. The Balaban J connectivity index is 2.76. The molecule has 0 spiro atoms. The first-order valence-electron chi connectivity index (χ1n) is 3.85. The van der Waals surface area contributed by atoms with Crippen LogP contribution in [0.15, 0.2) is 15.2 Å². The Kier molecular flexibility index (Phi) is 3.14. The van der Waals surface area contributed by atoms with Crippen LogP contribution in [0.25, 0.3) is 0 Å². The number of ether oxygens (including phenoxy) is 1. The van der Waals surface area contributed by atoms with Gasteiger partial charge in [-0.25, -0.2) is 4.79 Å². The van der Waals surface area contributed by atoms with Gasteiger partial charge < -0.3 is 4.74 Å². The number of hydrogen-bond acceptors (Lipinski definition) is 3. The van der Waals surface area contributed by atoms with Crippen molar-refractivity contribution in [3.05, 3.63) is 20.8 Å². The summed E-state index contributed by atoms with van der Waals surface area (Å²) >= 11 is 4.76. The minimum atomic E-state index is -0.432. The molecule has 0 unspecified atom stereocenters. The van der Waals surface area contributed by atoms with Gasteiger partial charge in [-0.15, -0.1) is 0 Å². The van der Waals surface area contributed by atoms with Gasteiger partial charge in [-0.2, -0.15) is 11.3 Å². The van der Waals surface area contributed by atoms with E-state index in [9.17, 15) is 4.79 Å². The predicted molar refractivity (Wildman–Crippen MR) is 57.2 cm³/mol. The van der Waals surface area contributed by atoms with Crippen LogP contribution >= 0.6 is 27.3 Å². The summed E-state index contributed by atoms with van der Waals surface area (Å²) < 4.78 is 6.00. The first-order valence-corrected chi connectivity index (χ1v) is 5.59. The standard InChI is InChI=1S/C9H11BrO2S/c1-9(2,3)12-8(11)6-4-13-5-7(6)10/h4-5H,1-3H3. The second kappa shape index (κ2) is 3.80. The summed E-state index contributed by atoms with van der Waals surface area (Å²) in [7, 11) is 0. The normalized spacial score (nSPS) is 11.4. The van der Waals surface area contributed by atoms with Gasteiger partial charge in [0.25, 0.3) is 0 Å². The van der Waals surface area contributed by atoms with Crippen molar-refractivity contribution in [1.29, 1.82) is 0 Å². The third-order valence-electron chi connectivity index (χ3n) is 1.23. The summed E-state index contributed by atoms with van der Waals surface area (Å²) in [4.78, 5) is 11.5. The molecule has 1 aromatic rings. The maximum absolute atomic E-state index is 11.5. The van der Waals surface area contributed by atoms with E-state index in [4.69, 9.17) is 4.74 Å². The summed E-state index contributed by atoms with van der Waals surface area (Å²) in [5.74, 6) is -0.277. The Labute approximate surface area is 90.0 Å². The lowest BCUT2D eigenvalue weighted by Gasteiger charge is -2.19. The lowest BCUT2D eigenvalue weighted by molar-refractivity contribution is 0.00692. The zero-order chi connectivity index (χ0) is 10.1. The molecule has 4 heteroatoms. The lowest BCUT2D eigenvalue weighted by Crippen LogP contribution is -2.23. The van der Waals surface area contributed by atoms with Crippen LogP contribution in [0.5, 0.6) is 0 Å². The molecule has 0 saturated carbocycles. The van der Waals surface area contributed by atoms with Crippen LogP contribution in [0.3, 0.4) is 0 Å². The minimum Gasteiger partial charge on any atom is -0.456 e. The fraction of sp³-hybridized carbons (Fsp3) is 0.444. The molecule has 0 radical (unpaired) electrons. The number of thiophene rings is 1. The number of halogens is 1. The van der Waals surface area contributed by atoms with Gasteiger partial charge in [-0.05, 0) is 36.7 Å². The highest BCUT2D eigenvalue weighted by atomic mass is 79.9. The molecule has 1 rings (SSSR count). The first-order chi connectivity index (χ1) is 5.90. The third kappa shape index (κ3) is 3.12. The zero-order valence-corrected chi connectivity index (χ0v) is 10.2. The molecule has 2 nitrogen and oxygen atoms in total. The second-order valence-electron chi connectivity index (χ2n) is 3.64. The predicted octanol–water partition coefficient (Wildman–Crippen LogP) is 3.47. The number of esters is 1. The van der Waals surface area contributed by atoms with Gasteiger partial charge in [-0.1, -0.05) is 0 Å². The van der Waals surface area contributed by atoms with Crippen molar-refractivity contribution in [3.8, 4) is 0 Å². The van der Waals surface area contributed by atoms with E-state index in [-0.39, 0.29) is 5.97 Å². The molecule has 72 valence electrons. The highest BCUT2D eigenvalue weighted by Crippen LogP contribution is 2.23. The maximum Gasteiger partial charge on any atom is 0.340 e. The first kappa shape index (κ1) is 10.7. The Morgan fingerprint density at radius 1 is 1.46 bits per heavy atom. The molecule has 0 aliphatic rings. The molecule has 1 heterocycles. The quantitative estimate of drug-likeness (QED) is 0.725. The number of hydrogen-bond donors (Lipinski definition) is 0. The van der Waals surface area contributed by atoms with Gasteiger partial charge in [0.05, 0.1) is 5.56 Å². The Bertz CT molecular complexity index is 312. The molecule has 0 aliphatic heterocycles. The van der Waals surface area contributed by atoms with Crippen LogP contribution in [0.1, 0.15) is 31.1 Å². The van der Waals surface area contributed by atoms with E-state index in [1.54, 1.807) is 5.38 Å². The van der Waals surface area contributed by atoms with Crippen molar-refractivity contribution < 1.29 is 9.53 Å². The summed E-state index contributed by atoms with van der Waals surface area (Å²) in [5, 5.41) is 3.64. The molecule has 13 heavy (non-hydrogen) atoms. The monoisotopic (exact) mass is 262 g/mol. The van der Waals surface area contributed by atoms with E-state index in [0.717, 1.165) is 4.47 Å². The largest absolute Gasteiger partial charge is 0.456 e. The smallest absolute Gasteiger partial charge is 0.340 e. The molecule has 0 N–H and O–H groups in total. The molecule has 0 aliphatic carbocycles. The van der Waals surface area contributed by atoms with Crippen LogP contribution in [-0.2, 0) is 4.74 Å². The van der Waals surface area contributed by atoms with Gasteiger partial charge in [0, 0.05) is 15.2 Å². The SMILES string of the molecule is CC(C)(C)OC(=O)c1cscc1Br. The highest BCUT2D eigenvalue weighted by molar-refractivity contribution is 9.10. The van der Waals surface area contributed by atoms with Gasteiger partial charge in [0.1, 0.15) is 5.60 Å². The Hall–Kier alpha value is -0.350. The van der Waals surface area contributed by atoms with Crippen LogP contribution in [0, 0.1) is 0 Å². The number of rotatable bonds is 1. The summed E-state index contributed by atoms with van der Waals surface area (Å²) in [5.41, 5.74) is 0.165. The number of carbonyl (C=O) groups excluding carboxylic acids is 1. The average Bonchev–Trinajstić information content (AvgIpc) is 2.30. The molecule has 0 saturated heterocycles. The average molecular weight is 263 g/mol. The van der Waals surface area contributed by atoms with Crippen LogP contribution in [-0.4, -0.2) is 11.6 Å². The number of carbonyl (C=O) groups is 1. The van der Waals surface area contributed by atoms with E-state index in [0.29, 0.717) is 5.56 Å². The minimum absolute atomic E-state index is 0.277. The van der Waals surface area contributed by atoms with Gasteiger partial charge in [0.2, 0.25) is 0 Å². The van der Waals surface area contributed by atoms with Crippen molar-refractivity contribution in [1.82, 2.24) is 0 Å². The molecular weight excluding hydrogens is 252 g/mol. The topological polar surface area (TPSA) is 26.3 Å². The summed E-state index contributed by atoms with van der Waals surface area (Å²) in [6.07, 6.45) is 0. The van der Waals surface area contributed by atoms with E-state index < -0.39 is 5.60 Å². The van der Waals surface area contributed by atoms with Crippen molar-refractivity contribution in [2.45, 2.75) is 26.4 Å². The van der Waals surface area contributed by atoms with Gasteiger partial charge >= 0.3 is 5.97 Å². The summed E-state index contributed by atoms with van der Waals surface area (Å²) in [6, 6.07) is 0. The summed E-state index contributed by atoms with van der Waals surface area (Å²) in [6.45, 7) is 5.56. The van der Waals surface area contributed by atoms with E-state index in [2.05, 4.69) is 15.9 Å². The maximum atomic E-state index is 11.5. The Morgan fingerprint density at radius 3 is 2.46 bits per heavy atom. The lowest BCUT2D eigenvalue weighted by atomic mass is 10.2. The molecular formula is C9H11BrO2S. The van der Waals surface area contributed by atoms with Crippen LogP contribution in [0.2, 0.25) is 0 Å². The van der Waals surface area contributed by atoms with E-state index >= 15 is 0 Å². The molecule has 0 fully saturated rings. The van der Waals surface area contributed by atoms with E-state index in [1.807, 2.05) is 26.2 Å².